The van der Waals surface area contributed by atoms with Gasteiger partial charge in [0.2, 0.25) is 0 Å². The summed E-state index contributed by atoms with van der Waals surface area (Å²) in [5.41, 5.74) is 4.61. The molecule has 2 aromatic heterocycles. The van der Waals surface area contributed by atoms with Crippen molar-refractivity contribution in [3.05, 3.63) is 72.7 Å². The largest absolute Gasteiger partial charge is 0.396 e. The molecule has 2 fully saturated rings. The number of aromatic amines is 1. The summed E-state index contributed by atoms with van der Waals surface area (Å²) >= 11 is 0. The molecule has 0 bridgehead atoms. The molecule has 4 heterocycles. The number of amides is 2. The molecule has 2 saturated heterocycles. The minimum atomic E-state index is -0.258. The highest BCUT2D eigenvalue weighted by molar-refractivity contribution is 6.02. The van der Waals surface area contributed by atoms with E-state index in [1.807, 2.05) is 42.6 Å². The van der Waals surface area contributed by atoms with E-state index in [4.69, 9.17) is 0 Å². The predicted octanol–water partition coefficient (Wildman–Crippen LogP) is 5.19. The van der Waals surface area contributed by atoms with Gasteiger partial charge in [-0.3, -0.25) is 0 Å². The van der Waals surface area contributed by atoms with Gasteiger partial charge in [0.15, 0.2) is 0 Å². The quantitative estimate of drug-likeness (QED) is 0.264. The van der Waals surface area contributed by atoms with Crippen LogP contribution in [-0.2, 0) is 0 Å². The number of benzene rings is 2. The van der Waals surface area contributed by atoms with Gasteiger partial charge in [-0.2, -0.15) is 0 Å². The standard InChI is InChI=1S/C30H35N7O2/c38-17-12-21-11-16-37(29-24-10-13-31-28(24)32-20-33-29)19-25(21)22-6-5-7-23(18-22)34-30(39)35-26-8-1-2-9-27(26)36-14-3-4-15-36/h1-2,5-10,13,18,20-21,25,38H,3-4,11-12,14-17,19H2,(H,31,32,33)(H2,34,35,39)/t21-,25-/m0/s1. The van der Waals surface area contributed by atoms with Crippen LogP contribution < -0.4 is 20.4 Å². The first-order valence-electron chi connectivity index (χ1n) is 13.9. The van der Waals surface area contributed by atoms with Crippen LogP contribution in [0.15, 0.2) is 67.1 Å². The minimum absolute atomic E-state index is 0.160. The minimum Gasteiger partial charge on any atom is -0.396 e. The Labute approximate surface area is 228 Å². The molecule has 0 radical (unpaired) electrons. The van der Waals surface area contributed by atoms with Gasteiger partial charge in [0.1, 0.15) is 17.8 Å². The lowest BCUT2D eigenvalue weighted by atomic mass is 9.79. The highest BCUT2D eigenvalue weighted by Crippen LogP contribution is 2.38. The number of rotatable bonds is 7. The van der Waals surface area contributed by atoms with E-state index < -0.39 is 0 Å². The summed E-state index contributed by atoms with van der Waals surface area (Å²) in [7, 11) is 0. The fraction of sp³-hybridized carbons (Fsp3) is 0.367. The Morgan fingerprint density at radius 2 is 1.87 bits per heavy atom. The van der Waals surface area contributed by atoms with Crippen molar-refractivity contribution in [2.24, 2.45) is 5.92 Å². The van der Waals surface area contributed by atoms with Crippen molar-refractivity contribution < 1.29 is 9.90 Å². The van der Waals surface area contributed by atoms with Crippen LogP contribution in [-0.4, -0.2) is 58.9 Å². The molecule has 4 N–H and O–H groups in total. The first kappa shape index (κ1) is 25.2. The van der Waals surface area contributed by atoms with E-state index in [-0.39, 0.29) is 18.6 Å². The third-order valence-electron chi connectivity index (χ3n) is 8.06. The summed E-state index contributed by atoms with van der Waals surface area (Å²) in [4.78, 5) is 29.8. The number of aliphatic hydroxyl groups excluding tert-OH is 1. The zero-order valence-corrected chi connectivity index (χ0v) is 22.0. The summed E-state index contributed by atoms with van der Waals surface area (Å²) in [5.74, 6) is 1.46. The molecule has 0 aliphatic carbocycles. The van der Waals surface area contributed by atoms with Gasteiger partial charge in [-0.1, -0.05) is 24.3 Å². The van der Waals surface area contributed by atoms with Gasteiger partial charge in [-0.05, 0) is 67.5 Å². The molecule has 9 heteroatoms. The monoisotopic (exact) mass is 525 g/mol. The van der Waals surface area contributed by atoms with Gasteiger partial charge in [0, 0.05) is 50.6 Å². The molecule has 2 atom stereocenters. The van der Waals surface area contributed by atoms with Crippen molar-refractivity contribution in [3.8, 4) is 0 Å². The van der Waals surface area contributed by atoms with Crippen LogP contribution in [0.5, 0.6) is 0 Å². The number of piperidine rings is 1. The maximum absolute atomic E-state index is 13.0. The summed E-state index contributed by atoms with van der Waals surface area (Å²) in [6.07, 6.45) is 7.55. The van der Waals surface area contributed by atoms with Crippen LogP contribution in [0.2, 0.25) is 0 Å². The number of aliphatic hydroxyl groups is 1. The van der Waals surface area contributed by atoms with E-state index in [9.17, 15) is 9.90 Å². The number of hydrogen-bond donors (Lipinski definition) is 4. The number of para-hydroxylation sites is 2. The van der Waals surface area contributed by atoms with Gasteiger partial charge >= 0.3 is 6.03 Å². The number of anilines is 4. The molecule has 6 rings (SSSR count). The van der Waals surface area contributed by atoms with Crippen LogP contribution in [0.1, 0.15) is 37.2 Å². The molecule has 9 nitrogen and oxygen atoms in total. The number of urea groups is 1. The van der Waals surface area contributed by atoms with E-state index >= 15 is 0 Å². The zero-order valence-electron chi connectivity index (χ0n) is 22.0. The SMILES string of the molecule is O=C(Nc1cccc([C@H]2CN(c3ncnc4[nH]ccc34)CC[C@H]2CCO)c1)Nc1ccccc1N1CCCC1. The van der Waals surface area contributed by atoms with Crippen molar-refractivity contribution in [1.82, 2.24) is 15.0 Å². The lowest BCUT2D eigenvalue weighted by molar-refractivity contribution is 0.226. The van der Waals surface area contributed by atoms with Gasteiger partial charge in [-0.25, -0.2) is 14.8 Å². The number of nitrogens with one attached hydrogen (secondary N) is 3. The molecule has 0 spiro atoms. The summed E-state index contributed by atoms with van der Waals surface area (Å²) in [5, 5.41) is 16.9. The number of nitrogens with zero attached hydrogens (tertiary/aromatic N) is 4. The first-order chi connectivity index (χ1) is 19.2. The number of aromatic nitrogens is 3. The first-order valence-corrected chi connectivity index (χ1v) is 13.9. The van der Waals surface area contributed by atoms with E-state index in [0.29, 0.717) is 5.92 Å². The van der Waals surface area contributed by atoms with Gasteiger partial charge in [0.25, 0.3) is 0 Å². The third-order valence-corrected chi connectivity index (χ3v) is 8.06. The Hall–Kier alpha value is -4.11. The number of carbonyl (C=O) groups is 1. The van der Waals surface area contributed by atoms with Crippen LogP contribution in [0.25, 0.3) is 11.0 Å². The van der Waals surface area contributed by atoms with Gasteiger partial charge < -0.3 is 30.5 Å². The molecule has 0 saturated carbocycles. The zero-order chi connectivity index (χ0) is 26.6. The normalized spacial score (nSPS) is 19.4. The topological polar surface area (TPSA) is 109 Å². The Morgan fingerprint density at radius 1 is 1.00 bits per heavy atom. The maximum Gasteiger partial charge on any atom is 0.323 e. The summed E-state index contributed by atoms with van der Waals surface area (Å²) < 4.78 is 0. The Balaban J connectivity index is 1.20. The number of hydrogen-bond acceptors (Lipinski definition) is 6. The predicted molar refractivity (Wildman–Crippen MR) is 156 cm³/mol. The van der Waals surface area contributed by atoms with Crippen molar-refractivity contribution in [1.29, 1.82) is 0 Å². The molecule has 202 valence electrons. The lowest BCUT2D eigenvalue weighted by Gasteiger charge is -2.39. The van der Waals surface area contributed by atoms with Crippen LogP contribution in [0.3, 0.4) is 0 Å². The highest BCUT2D eigenvalue weighted by atomic mass is 16.3. The molecule has 2 aromatic carbocycles. The maximum atomic E-state index is 13.0. The fourth-order valence-corrected chi connectivity index (χ4v) is 6.14. The Bertz CT molecular complexity index is 1430. The molecule has 0 unspecified atom stereocenters. The van der Waals surface area contributed by atoms with Crippen LogP contribution in [0.4, 0.5) is 27.7 Å². The van der Waals surface area contributed by atoms with Crippen LogP contribution >= 0.6 is 0 Å². The number of H-pyrrole nitrogens is 1. The second kappa shape index (κ2) is 11.3. The third kappa shape index (κ3) is 5.40. The molecule has 2 aliphatic heterocycles. The van der Waals surface area contributed by atoms with E-state index in [1.165, 1.54) is 12.8 Å². The number of carbonyl (C=O) groups excluding carboxylic acids is 1. The Morgan fingerprint density at radius 3 is 2.74 bits per heavy atom. The van der Waals surface area contributed by atoms with Crippen molar-refractivity contribution >= 4 is 39.9 Å². The smallest absolute Gasteiger partial charge is 0.323 e. The van der Waals surface area contributed by atoms with E-state index in [0.717, 1.165) is 78.5 Å². The van der Waals surface area contributed by atoms with E-state index in [2.05, 4.69) is 53.6 Å². The Kier molecular flexibility index (Phi) is 7.31. The second-order valence-corrected chi connectivity index (χ2v) is 10.5. The molecule has 2 aliphatic rings. The average molecular weight is 526 g/mol. The van der Waals surface area contributed by atoms with Gasteiger partial charge in [-0.15, -0.1) is 0 Å². The molecule has 2 amide bonds. The van der Waals surface area contributed by atoms with Gasteiger partial charge in [0.05, 0.1) is 16.8 Å². The van der Waals surface area contributed by atoms with Crippen molar-refractivity contribution in [3.63, 3.8) is 0 Å². The number of fused-ring (bicyclic) bond motifs is 1. The van der Waals surface area contributed by atoms with Crippen molar-refractivity contribution in [2.75, 3.05) is 53.2 Å². The van der Waals surface area contributed by atoms with Crippen LogP contribution in [0, 0.1) is 5.92 Å². The van der Waals surface area contributed by atoms with Crippen molar-refractivity contribution in [2.45, 2.75) is 31.6 Å². The molecule has 4 aromatic rings. The molecule has 39 heavy (non-hydrogen) atoms. The molecular formula is C30H35N7O2. The summed E-state index contributed by atoms with van der Waals surface area (Å²) in [6, 6.07) is 17.8. The molecular weight excluding hydrogens is 490 g/mol. The average Bonchev–Trinajstić information content (AvgIpc) is 3.67. The highest BCUT2D eigenvalue weighted by Gasteiger charge is 2.31. The van der Waals surface area contributed by atoms with E-state index in [1.54, 1.807) is 6.33 Å². The fourth-order valence-electron chi connectivity index (χ4n) is 6.14. The summed E-state index contributed by atoms with van der Waals surface area (Å²) in [6.45, 7) is 3.84. The second-order valence-electron chi connectivity index (χ2n) is 10.5. The lowest BCUT2D eigenvalue weighted by Crippen LogP contribution is -2.40.